The lowest BCUT2D eigenvalue weighted by molar-refractivity contribution is 0.239. The van der Waals surface area contributed by atoms with Crippen LogP contribution in [-0.2, 0) is 6.61 Å². The first-order chi connectivity index (χ1) is 10.1. The highest BCUT2D eigenvalue weighted by atomic mass is 35.5. The summed E-state index contributed by atoms with van der Waals surface area (Å²) in [5.41, 5.74) is 1.02. The van der Waals surface area contributed by atoms with Gasteiger partial charge in [0.25, 0.3) is 5.89 Å². The van der Waals surface area contributed by atoms with Crippen LogP contribution < -0.4 is 10.1 Å². The molecule has 0 aliphatic rings. The van der Waals surface area contributed by atoms with Crippen molar-refractivity contribution in [3.8, 4) is 5.75 Å². The summed E-state index contributed by atoms with van der Waals surface area (Å²) in [6.07, 6.45) is 1.07. The molecular weight excluding hydrogens is 290 g/mol. The molecule has 5 nitrogen and oxygen atoms in total. The Morgan fingerprint density at radius 2 is 2.24 bits per heavy atom. The van der Waals surface area contributed by atoms with E-state index in [1.807, 2.05) is 18.2 Å². The highest BCUT2D eigenvalue weighted by Crippen LogP contribution is 2.29. The lowest BCUT2D eigenvalue weighted by atomic mass is 10.1. The maximum Gasteiger partial charge on any atom is 0.264 e. The molecule has 0 fully saturated rings. The van der Waals surface area contributed by atoms with Gasteiger partial charge in [-0.25, -0.2) is 0 Å². The molecule has 0 radical (unpaired) electrons. The summed E-state index contributed by atoms with van der Waals surface area (Å²) in [5, 5.41) is 7.86. The molecule has 1 aromatic carbocycles. The Labute approximate surface area is 129 Å². The molecule has 0 aliphatic carbocycles. The molecule has 2 rings (SSSR count). The summed E-state index contributed by atoms with van der Waals surface area (Å²) in [4.78, 5) is 4.12. The van der Waals surface area contributed by atoms with Crippen molar-refractivity contribution in [2.45, 2.75) is 39.8 Å². The van der Waals surface area contributed by atoms with Crippen LogP contribution in [0.3, 0.4) is 0 Å². The largest absolute Gasteiger partial charge is 0.483 e. The number of ether oxygens (including phenoxy) is 1. The molecule has 0 saturated carbocycles. The summed E-state index contributed by atoms with van der Waals surface area (Å²) in [6.45, 7) is 7.18. The van der Waals surface area contributed by atoms with E-state index in [-0.39, 0.29) is 12.6 Å². The second kappa shape index (κ2) is 7.43. The van der Waals surface area contributed by atoms with E-state index in [1.165, 1.54) is 0 Å². The second-order valence-electron chi connectivity index (χ2n) is 4.88. The lowest BCUT2D eigenvalue weighted by Gasteiger charge is -2.18. The molecule has 1 heterocycles. The van der Waals surface area contributed by atoms with Gasteiger partial charge in [0, 0.05) is 16.6 Å². The number of nitrogens with one attached hydrogen (secondary N) is 1. The van der Waals surface area contributed by atoms with Crippen LogP contribution >= 0.6 is 11.6 Å². The van der Waals surface area contributed by atoms with Crippen LogP contribution in [0.5, 0.6) is 5.75 Å². The van der Waals surface area contributed by atoms with Gasteiger partial charge in [-0.3, -0.25) is 0 Å². The highest BCUT2D eigenvalue weighted by Gasteiger charge is 2.13. The molecule has 0 spiro atoms. The van der Waals surface area contributed by atoms with Crippen molar-refractivity contribution < 1.29 is 9.26 Å². The molecule has 1 aromatic heterocycles. The number of nitrogens with zero attached hydrogens (tertiary/aromatic N) is 2. The molecule has 0 amide bonds. The Balaban J connectivity index is 2.10. The van der Waals surface area contributed by atoms with Gasteiger partial charge in [-0.1, -0.05) is 23.7 Å². The van der Waals surface area contributed by atoms with Crippen LogP contribution in [0.2, 0.25) is 5.02 Å². The number of aromatic nitrogens is 2. The average Bonchev–Trinajstić information content (AvgIpc) is 2.89. The van der Waals surface area contributed by atoms with E-state index >= 15 is 0 Å². The number of hydrogen-bond acceptors (Lipinski definition) is 5. The summed E-state index contributed by atoms with van der Waals surface area (Å²) in [7, 11) is 0. The SMILES string of the molecule is CCCNC(C)c1cc(Cl)ccc1OCc1nc(C)no1. The normalized spacial score (nSPS) is 12.4. The molecule has 1 unspecified atom stereocenters. The number of halogens is 1. The zero-order valence-corrected chi connectivity index (χ0v) is 13.3. The van der Waals surface area contributed by atoms with E-state index < -0.39 is 0 Å². The van der Waals surface area contributed by atoms with Gasteiger partial charge in [0.2, 0.25) is 0 Å². The summed E-state index contributed by atoms with van der Waals surface area (Å²) in [5.74, 6) is 1.83. The molecule has 114 valence electrons. The Morgan fingerprint density at radius 1 is 1.43 bits per heavy atom. The quantitative estimate of drug-likeness (QED) is 0.845. The van der Waals surface area contributed by atoms with Gasteiger partial charge in [-0.05, 0) is 45.0 Å². The smallest absolute Gasteiger partial charge is 0.264 e. The van der Waals surface area contributed by atoms with Gasteiger partial charge in [0.05, 0.1) is 0 Å². The van der Waals surface area contributed by atoms with Crippen molar-refractivity contribution in [3.63, 3.8) is 0 Å². The molecule has 0 aliphatic heterocycles. The Kier molecular flexibility index (Phi) is 5.59. The van der Waals surface area contributed by atoms with Crippen LogP contribution in [0.25, 0.3) is 0 Å². The molecule has 21 heavy (non-hydrogen) atoms. The van der Waals surface area contributed by atoms with Crippen molar-refractivity contribution in [2.75, 3.05) is 6.54 Å². The van der Waals surface area contributed by atoms with Gasteiger partial charge < -0.3 is 14.6 Å². The maximum atomic E-state index is 6.09. The Hall–Kier alpha value is -1.59. The fourth-order valence-electron chi connectivity index (χ4n) is 2.00. The minimum absolute atomic E-state index is 0.156. The number of rotatable bonds is 7. The first kappa shape index (κ1) is 15.8. The van der Waals surface area contributed by atoms with Crippen molar-refractivity contribution in [1.29, 1.82) is 0 Å². The van der Waals surface area contributed by atoms with Crippen LogP contribution in [-0.4, -0.2) is 16.7 Å². The molecule has 2 aromatic rings. The van der Waals surface area contributed by atoms with Crippen LogP contribution in [0.4, 0.5) is 0 Å². The summed E-state index contributed by atoms with van der Waals surface area (Å²) < 4.78 is 10.8. The second-order valence-corrected chi connectivity index (χ2v) is 5.32. The van der Waals surface area contributed by atoms with Gasteiger partial charge in [0.1, 0.15) is 5.75 Å². The minimum Gasteiger partial charge on any atom is -0.483 e. The topological polar surface area (TPSA) is 60.2 Å². The van der Waals surface area contributed by atoms with E-state index in [0.717, 1.165) is 24.3 Å². The van der Waals surface area contributed by atoms with E-state index in [2.05, 4.69) is 29.3 Å². The lowest BCUT2D eigenvalue weighted by Crippen LogP contribution is -2.20. The van der Waals surface area contributed by atoms with Crippen LogP contribution in [0, 0.1) is 6.92 Å². The van der Waals surface area contributed by atoms with Gasteiger partial charge >= 0.3 is 0 Å². The third-order valence-electron chi connectivity index (χ3n) is 3.06. The number of benzene rings is 1. The monoisotopic (exact) mass is 309 g/mol. The predicted octanol–water partition coefficient (Wildman–Crippen LogP) is 3.67. The third kappa shape index (κ3) is 4.44. The fourth-order valence-corrected chi connectivity index (χ4v) is 2.18. The van der Waals surface area contributed by atoms with Crippen molar-refractivity contribution in [2.24, 2.45) is 0 Å². The molecule has 0 saturated heterocycles. The van der Waals surface area contributed by atoms with E-state index in [9.17, 15) is 0 Å². The van der Waals surface area contributed by atoms with Crippen molar-refractivity contribution in [1.82, 2.24) is 15.5 Å². The first-order valence-corrected chi connectivity index (χ1v) is 7.42. The molecular formula is C15H20ClN3O2. The van der Waals surface area contributed by atoms with Gasteiger partial charge in [-0.2, -0.15) is 4.98 Å². The molecule has 0 bridgehead atoms. The van der Waals surface area contributed by atoms with Crippen LogP contribution in [0.15, 0.2) is 22.7 Å². The molecule has 1 atom stereocenters. The highest BCUT2D eigenvalue weighted by molar-refractivity contribution is 6.30. The van der Waals surface area contributed by atoms with Crippen molar-refractivity contribution >= 4 is 11.6 Å². The molecule has 6 heteroatoms. The molecule has 1 N–H and O–H groups in total. The number of aryl methyl sites for hydroxylation is 1. The van der Waals surface area contributed by atoms with Crippen molar-refractivity contribution in [3.05, 3.63) is 40.5 Å². The standard InChI is InChI=1S/C15H20ClN3O2/c1-4-7-17-10(2)13-8-12(16)5-6-14(13)20-9-15-18-11(3)19-21-15/h5-6,8,10,17H,4,7,9H2,1-3H3. The van der Waals surface area contributed by atoms with Gasteiger partial charge in [-0.15, -0.1) is 0 Å². The van der Waals surface area contributed by atoms with E-state index in [4.69, 9.17) is 20.9 Å². The fraction of sp³-hybridized carbons (Fsp3) is 0.467. The Morgan fingerprint density at radius 3 is 2.90 bits per heavy atom. The number of hydrogen-bond donors (Lipinski definition) is 1. The van der Waals surface area contributed by atoms with Crippen LogP contribution in [0.1, 0.15) is 43.6 Å². The summed E-state index contributed by atoms with van der Waals surface area (Å²) >= 11 is 6.09. The minimum atomic E-state index is 0.156. The third-order valence-corrected chi connectivity index (χ3v) is 3.29. The Bertz CT molecular complexity index is 586. The maximum absolute atomic E-state index is 6.09. The summed E-state index contributed by atoms with van der Waals surface area (Å²) in [6, 6.07) is 5.75. The zero-order chi connectivity index (χ0) is 15.2. The zero-order valence-electron chi connectivity index (χ0n) is 12.5. The first-order valence-electron chi connectivity index (χ1n) is 7.05. The van der Waals surface area contributed by atoms with Gasteiger partial charge in [0.15, 0.2) is 12.4 Å². The van der Waals surface area contributed by atoms with E-state index in [0.29, 0.717) is 16.7 Å². The van der Waals surface area contributed by atoms with E-state index in [1.54, 1.807) is 6.92 Å². The average molecular weight is 310 g/mol. The predicted molar refractivity (Wildman–Crippen MR) is 81.5 cm³/mol.